The summed E-state index contributed by atoms with van der Waals surface area (Å²) in [6.07, 6.45) is 5.38. The van der Waals surface area contributed by atoms with Crippen LogP contribution in [0.3, 0.4) is 0 Å². The molecule has 60 valence electrons. The minimum absolute atomic E-state index is 0. The summed E-state index contributed by atoms with van der Waals surface area (Å²) in [6, 6.07) is 0. The first kappa shape index (κ1) is 14.1. The SMILES string of the molecule is COC(=O)/C=C/CCCI.[Zn]. The molecular weight excluding hydrogens is 308 g/mol. The zero-order valence-electron chi connectivity index (χ0n) is 6.68. The summed E-state index contributed by atoms with van der Waals surface area (Å²) in [5, 5.41) is 0. The van der Waals surface area contributed by atoms with Crippen molar-refractivity contribution in [3.63, 3.8) is 0 Å². The first-order chi connectivity index (χ1) is 4.81. The second-order valence-electron chi connectivity index (χ2n) is 1.76. The molecule has 0 amide bonds. The van der Waals surface area contributed by atoms with Gasteiger partial charge in [-0.15, -0.1) is 0 Å². The van der Waals surface area contributed by atoms with E-state index in [4.69, 9.17) is 0 Å². The summed E-state index contributed by atoms with van der Waals surface area (Å²) < 4.78 is 5.53. The van der Waals surface area contributed by atoms with Gasteiger partial charge in [0.2, 0.25) is 0 Å². The van der Waals surface area contributed by atoms with Crippen LogP contribution in [0.5, 0.6) is 0 Å². The monoisotopic (exact) mass is 318 g/mol. The van der Waals surface area contributed by atoms with Crippen LogP contribution in [0.2, 0.25) is 0 Å². The molecule has 0 aliphatic rings. The van der Waals surface area contributed by atoms with E-state index in [-0.39, 0.29) is 25.4 Å². The molecule has 2 nitrogen and oxygen atoms in total. The summed E-state index contributed by atoms with van der Waals surface area (Å²) in [5.74, 6) is -0.270. The molecule has 0 aromatic rings. The van der Waals surface area contributed by atoms with E-state index in [0.29, 0.717) is 0 Å². The Kier molecular flexibility index (Phi) is 13.5. The quantitative estimate of drug-likeness (QED) is 0.198. The Morgan fingerprint density at radius 1 is 1.64 bits per heavy atom. The first-order valence-electron chi connectivity index (χ1n) is 3.11. The standard InChI is InChI=1S/C7H11IO2.Zn/c1-10-7(9)5-3-2-4-6-8;/h3,5H,2,4,6H2,1H3;/b5-3+;. The van der Waals surface area contributed by atoms with E-state index in [9.17, 15) is 4.79 Å². The normalized spacial score (nSPS) is 9.27. The zero-order chi connectivity index (χ0) is 7.82. The Morgan fingerprint density at radius 3 is 2.73 bits per heavy atom. The van der Waals surface area contributed by atoms with E-state index in [1.807, 2.05) is 6.08 Å². The number of rotatable bonds is 4. The average Bonchev–Trinajstić information content (AvgIpc) is 1.98. The van der Waals surface area contributed by atoms with Crippen molar-refractivity contribution >= 4 is 28.6 Å². The Morgan fingerprint density at radius 2 is 2.27 bits per heavy atom. The fourth-order valence-corrected chi connectivity index (χ4v) is 0.883. The number of allylic oxidation sites excluding steroid dienone is 1. The van der Waals surface area contributed by atoms with Gasteiger partial charge in [0.25, 0.3) is 0 Å². The maximum Gasteiger partial charge on any atom is 0.330 e. The van der Waals surface area contributed by atoms with Gasteiger partial charge >= 0.3 is 5.97 Å². The van der Waals surface area contributed by atoms with Crippen molar-refractivity contribution in [2.75, 3.05) is 11.5 Å². The van der Waals surface area contributed by atoms with E-state index >= 15 is 0 Å². The minimum atomic E-state index is -0.270. The van der Waals surface area contributed by atoms with Crippen molar-refractivity contribution in [3.8, 4) is 0 Å². The van der Waals surface area contributed by atoms with Crippen LogP contribution in [0.4, 0.5) is 0 Å². The van der Waals surface area contributed by atoms with Gasteiger partial charge in [-0.05, 0) is 17.3 Å². The zero-order valence-corrected chi connectivity index (χ0v) is 11.8. The van der Waals surface area contributed by atoms with Gasteiger partial charge < -0.3 is 4.74 Å². The minimum Gasteiger partial charge on any atom is -0.466 e. The average molecular weight is 319 g/mol. The molecule has 4 heteroatoms. The number of alkyl halides is 1. The maximum absolute atomic E-state index is 10.5. The van der Waals surface area contributed by atoms with Gasteiger partial charge in [0.05, 0.1) is 7.11 Å². The first-order valence-corrected chi connectivity index (χ1v) is 4.64. The molecular formula is C7H11IO2Zn. The van der Waals surface area contributed by atoms with Crippen molar-refractivity contribution in [1.29, 1.82) is 0 Å². The van der Waals surface area contributed by atoms with E-state index in [1.54, 1.807) is 0 Å². The molecule has 0 N–H and O–H groups in total. The number of carbonyl (C=O) groups excluding carboxylic acids is 1. The van der Waals surface area contributed by atoms with E-state index in [0.717, 1.165) is 17.3 Å². The molecule has 11 heavy (non-hydrogen) atoms. The van der Waals surface area contributed by atoms with Gasteiger partial charge in [0.15, 0.2) is 0 Å². The van der Waals surface area contributed by atoms with Crippen molar-refractivity contribution in [2.45, 2.75) is 12.8 Å². The molecule has 0 heterocycles. The molecule has 0 aromatic heterocycles. The van der Waals surface area contributed by atoms with Crippen molar-refractivity contribution in [2.24, 2.45) is 0 Å². The second kappa shape index (κ2) is 10.6. The van der Waals surface area contributed by atoms with Crippen LogP contribution in [0.15, 0.2) is 12.2 Å². The number of carbonyl (C=O) groups is 1. The molecule has 0 saturated carbocycles. The van der Waals surface area contributed by atoms with Crippen LogP contribution in [-0.2, 0) is 29.0 Å². The van der Waals surface area contributed by atoms with Crippen LogP contribution in [0, 0.1) is 0 Å². The molecule has 0 aliphatic heterocycles. The van der Waals surface area contributed by atoms with Crippen molar-refractivity contribution < 1.29 is 29.0 Å². The smallest absolute Gasteiger partial charge is 0.330 e. The third-order valence-corrected chi connectivity index (χ3v) is 1.72. The van der Waals surface area contributed by atoms with Crippen LogP contribution in [0.1, 0.15) is 12.8 Å². The van der Waals surface area contributed by atoms with Crippen LogP contribution < -0.4 is 0 Å². The molecule has 0 unspecified atom stereocenters. The molecule has 0 spiro atoms. The van der Waals surface area contributed by atoms with Gasteiger partial charge in [-0.3, -0.25) is 0 Å². The number of ether oxygens (including phenoxy) is 1. The van der Waals surface area contributed by atoms with Crippen LogP contribution in [-0.4, -0.2) is 17.5 Å². The van der Waals surface area contributed by atoms with Crippen LogP contribution in [0.25, 0.3) is 0 Å². The fourth-order valence-electron chi connectivity index (χ4n) is 0.443. The Hall–Kier alpha value is 0.563. The second-order valence-corrected chi connectivity index (χ2v) is 2.84. The Bertz CT molecular complexity index is 126. The molecule has 0 radical (unpaired) electrons. The predicted octanol–water partition coefficient (Wildman–Crippen LogP) is 1.93. The number of hydrogen-bond donors (Lipinski definition) is 0. The number of esters is 1. The van der Waals surface area contributed by atoms with Gasteiger partial charge in [-0.1, -0.05) is 28.7 Å². The molecule has 0 saturated heterocycles. The molecule has 0 bridgehead atoms. The van der Waals surface area contributed by atoms with Gasteiger partial charge in [-0.25, -0.2) is 4.79 Å². The number of hydrogen-bond acceptors (Lipinski definition) is 2. The summed E-state index contributed by atoms with van der Waals surface area (Å²) >= 11 is 2.30. The van der Waals surface area contributed by atoms with Crippen LogP contribution >= 0.6 is 22.6 Å². The Balaban J connectivity index is 0. The third kappa shape index (κ3) is 10.6. The molecule has 0 rings (SSSR count). The number of unbranched alkanes of at least 4 members (excludes halogenated alkanes) is 1. The maximum atomic E-state index is 10.5. The molecule has 0 atom stereocenters. The topological polar surface area (TPSA) is 26.3 Å². The Labute approximate surface area is 93.7 Å². The summed E-state index contributed by atoms with van der Waals surface area (Å²) in [7, 11) is 1.38. The predicted molar refractivity (Wildman–Crippen MR) is 49.3 cm³/mol. The van der Waals surface area contributed by atoms with E-state index in [1.165, 1.54) is 13.2 Å². The van der Waals surface area contributed by atoms with E-state index < -0.39 is 0 Å². The van der Waals surface area contributed by atoms with Crippen molar-refractivity contribution in [1.82, 2.24) is 0 Å². The summed E-state index contributed by atoms with van der Waals surface area (Å²) in [4.78, 5) is 10.5. The molecule has 0 aromatic carbocycles. The summed E-state index contributed by atoms with van der Waals surface area (Å²) in [5.41, 5.74) is 0. The third-order valence-electron chi connectivity index (χ3n) is 0.960. The van der Waals surface area contributed by atoms with Gasteiger partial charge in [0, 0.05) is 25.6 Å². The number of methoxy groups -OCH3 is 1. The largest absolute Gasteiger partial charge is 0.466 e. The fraction of sp³-hybridized carbons (Fsp3) is 0.571. The van der Waals surface area contributed by atoms with Gasteiger partial charge in [0.1, 0.15) is 0 Å². The van der Waals surface area contributed by atoms with Crippen molar-refractivity contribution in [3.05, 3.63) is 12.2 Å². The number of halogens is 1. The molecule has 0 fully saturated rings. The van der Waals surface area contributed by atoms with Gasteiger partial charge in [-0.2, -0.15) is 0 Å². The van der Waals surface area contributed by atoms with E-state index in [2.05, 4.69) is 27.3 Å². The molecule has 0 aliphatic carbocycles. The summed E-state index contributed by atoms with van der Waals surface area (Å²) in [6.45, 7) is 0.